The van der Waals surface area contributed by atoms with E-state index in [2.05, 4.69) is 10.3 Å². The van der Waals surface area contributed by atoms with E-state index in [1.54, 1.807) is 41.4 Å². The molecule has 1 saturated carbocycles. The third-order valence-corrected chi connectivity index (χ3v) is 9.54. The second-order valence-electron chi connectivity index (χ2n) is 9.80. The van der Waals surface area contributed by atoms with Gasteiger partial charge in [-0.15, -0.1) is 0 Å². The van der Waals surface area contributed by atoms with Crippen LogP contribution in [-0.4, -0.2) is 43.6 Å². The van der Waals surface area contributed by atoms with Crippen LogP contribution < -0.4 is 10.2 Å². The number of sulfone groups is 1. The predicted molar refractivity (Wildman–Crippen MR) is 141 cm³/mol. The summed E-state index contributed by atoms with van der Waals surface area (Å²) in [7, 11) is -3.55. The lowest BCUT2D eigenvalue weighted by molar-refractivity contribution is -0.119. The number of nitrogens with one attached hydrogen (secondary N) is 2. The fourth-order valence-corrected chi connectivity index (χ4v) is 7.31. The van der Waals surface area contributed by atoms with E-state index in [0.717, 1.165) is 49.6 Å². The second-order valence-corrected chi connectivity index (χ2v) is 12.2. The summed E-state index contributed by atoms with van der Waals surface area (Å²) in [4.78, 5) is 30.3. The van der Waals surface area contributed by atoms with Crippen LogP contribution in [0.1, 0.15) is 55.3 Å². The smallest absolute Gasteiger partial charge is 0.251 e. The number of aromatic amines is 1. The highest BCUT2D eigenvalue weighted by atomic mass is 35.5. The highest BCUT2D eigenvalue weighted by Crippen LogP contribution is 2.30. The topological polar surface area (TPSA) is 99.3 Å². The van der Waals surface area contributed by atoms with Gasteiger partial charge >= 0.3 is 0 Å². The van der Waals surface area contributed by atoms with Gasteiger partial charge in [0, 0.05) is 47.4 Å². The highest BCUT2D eigenvalue weighted by Gasteiger charge is 2.32. The minimum Gasteiger partial charge on any atom is -0.360 e. The number of aromatic nitrogens is 1. The Bertz CT molecular complexity index is 1380. The molecule has 0 spiro atoms. The number of hydrogen-bond donors (Lipinski definition) is 2. The van der Waals surface area contributed by atoms with Crippen molar-refractivity contribution in [3.63, 3.8) is 0 Å². The molecule has 2 aliphatic rings. The van der Waals surface area contributed by atoms with Gasteiger partial charge in [-0.1, -0.05) is 30.5 Å². The number of anilines is 1. The number of carbonyl (C=O) groups excluding carboxylic acids is 2. The number of amides is 2. The second kappa shape index (κ2) is 10.3. The number of rotatable bonds is 6. The van der Waals surface area contributed by atoms with Crippen LogP contribution >= 0.6 is 11.6 Å². The minimum atomic E-state index is -3.55. The maximum Gasteiger partial charge on any atom is 0.251 e. The van der Waals surface area contributed by atoms with Crippen molar-refractivity contribution in [2.45, 2.75) is 55.9 Å². The average Bonchev–Trinajstić information content (AvgIpc) is 3.25. The molecule has 0 radical (unpaired) electrons. The molecule has 5 rings (SSSR count). The fourth-order valence-electron chi connectivity index (χ4n) is 5.36. The number of piperidine rings is 1. The van der Waals surface area contributed by atoms with Crippen molar-refractivity contribution in [2.24, 2.45) is 5.92 Å². The Morgan fingerprint density at radius 3 is 2.61 bits per heavy atom. The molecule has 9 heteroatoms. The molecule has 3 aromatic rings. The molecule has 1 aliphatic carbocycles. The molecule has 2 heterocycles. The van der Waals surface area contributed by atoms with E-state index in [1.165, 1.54) is 0 Å². The quantitative estimate of drug-likeness (QED) is 0.465. The zero-order chi connectivity index (χ0) is 25.3. The van der Waals surface area contributed by atoms with Gasteiger partial charge < -0.3 is 15.2 Å². The van der Waals surface area contributed by atoms with E-state index in [-0.39, 0.29) is 34.4 Å². The van der Waals surface area contributed by atoms with Crippen molar-refractivity contribution in [3.8, 4) is 0 Å². The number of carbonyl (C=O) groups is 2. The van der Waals surface area contributed by atoms with Gasteiger partial charge in [-0.3, -0.25) is 9.59 Å². The first kappa shape index (κ1) is 24.8. The van der Waals surface area contributed by atoms with Crippen LogP contribution in [0.25, 0.3) is 10.9 Å². The average molecular weight is 528 g/mol. The summed E-state index contributed by atoms with van der Waals surface area (Å²) in [5, 5.41) is 4.43. The summed E-state index contributed by atoms with van der Waals surface area (Å²) < 4.78 is 26.5. The molecule has 2 aromatic carbocycles. The Hall–Kier alpha value is -2.84. The lowest BCUT2D eigenvalue weighted by Gasteiger charge is -2.32. The SMILES string of the molecule is O=C(NC1CCCCC1CS(=O)(=O)c1ccc2c(Cl)c[nH]c2c1)c1ccc(N2CCCCC2=O)cc1. The van der Waals surface area contributed by atoms with Crippen LogP contribution in [0.3, 0.4) is 0 Å². The Kier molecular flexibility index (Phi) is 7.08. The molecule has 36 heavy (non-hydrogen) atoms. The van der Waals surface area contributed by atoms with Crippen LogP contribution in [0, 0.1) is 5.92 Å². The molecule has 2 amide bonds. The summed E-state index contributed by atoms with van der Waals surface area (Å²) in [6.45, 7) is 0.701. The zero-order valence-electron chi connectivity index (χ0n) is 20.0. The third-order valence-electron chi connectivity index (χ3n) is 7.39. The lowest BCUT2D eigenvalue weighted by atomic mass is 9.85. The van der Waals surface area contributed by atoms with Gasteiger partial charge in [0.05, 0.1) is 15.7 Å². The Balaban J connectivity index is 1.27. The summed E-state index contributed by atoms with van der Waals surface area (Å²) >= 11 is 6.13. The molecule has 7 nitrogen and oxygen atoms in total. The first-order valence-electron chi connectivity index (χ1n) is 12.5. The Morgan fingerprint density at radius 2 is 1.83 bits per heavy atom. The maximum absolute atomic E-state index is 13.3. The number of hydrogen-bond acceptors (Lipinski definition) is 4. The molecule has 2 N–H and O–H groups in total. The summed E-state index contributed by atoms with van der Waals surface area (Å²) in [5.74, 6) is -0.291. The van der Waals surface area contributed by atoms with Crippen molar-refractivity contribution in [1.82, 2.24) is 10.3 Å². The Labute approximate surface area is 216 Å². The summed E-state index contributed by atoms with van der Waals surface area (Å²) in [6, 6.07) is 11.8. The van der Waals surface area contributed by atoms with Crippen molar-refractivity contribution in [3.05, 3.63) is 59.2 Å². The number of fused-ring (bicyclic) bond motifs is 1. The van der Waals surface area contributed by atoms with Crippen LogP contribution in [-0.2, 0) is 14.6 Å². The van der Waals surface area contributed by atoms with E-state index in [1.807, 2.05) is 12.1 Å². The molecule has 1 aliphatic heterocycles. The van der Waals surface area contributed by atoms with Crippen molar-refractivity contribution in [1.29, 1.82) is 0 Å². The van der Waals surface area contributed by atoms with Crippen molar-refractivity contribution < 1.29 is 18.0 Å². The number of halogens is 1. The van der Waals surface area contributed by atoms with Crippen molar-refractivity contribution in [2.75, 3.05) is 17.2 Å². The standard InChI is InChI=1S/C27H30ClN3O4S/c28-23-16-29-25-15-21(12-13-22(23)25)36(34,35)17-19-5-1-2-6-24(19)30-27(33)18-8-10-20(11-9-18)31-14-4-3-7-26(31)32/h8-13,15-16,19,24,29H,1-7,14,17H2,(H,30,33). The molecular weight excluding hydrogens is 498 g/mol. The monoisotopic (exact) mass is 527 g/mol. The minimum absolute atomic E-state index is 0.0199. The van der Waals surface area contributed by atoms with E-state index in [0.29, 0.717) is 29.1 Å². The van der Waals surface area contributed by atoms with E-state index in [9.17, 15) is 18.0 Å². The van der Waals surface area contributed by atoms with Crippen LogP contribution in [0.4, 0.5) is 5.69 Å². The first-order chi connectivity index (χ1) is 17.3. The molecule has 1 aromatic heterocycles. The van der Waals surface area contributed by atoms with Crippen LogP contribution in [0.5, 0.6) is 0 Å². The first-order valence-corrected chi connectivity index (χ1v) is 14.6. The van der Waals surface area contributed by atoms with Crippen LogP contribution in [0.2, 0.25) is 5.02 Å². The summed E-state index contributed by atoms with van der Waals surface area (Å²) in [6.07, 6.45) is 7.48. The predicted octanol–water partition coefficient (Wildman–Crippen LogP) is 5.10. The van der Waals surface area contributed by atoms with Gasteiger partial charge in [0.15, 0.2) is 9.84 Å². The van der Waals surface area contributed by atoms with Gasteiger partial charge in [-0.25, -0.2) is 8.42 Å². The van der Waals surface area contributed by atoms with Crippen LogP contribution in [0.15, 0.2) is 53.6 Å². The Morgan fingerprint density at radius 1 is 1.06 bits per heavy atom. The van der Waals surface area contributed by atoms with Gasteiger partial charge in [-0.2, -0.15) is 0 Å². The normalized spacial score (nSPS) is 21.0. The van der Waals surface area contributed by atoms with Gasteiger partial charge in [0.2, 0.25) is 5.91 Å². The number of benzene rings is 2. The van der Waals surface area contributed by atoms with Gasteiger partial charge in [0.1, 0.15) is 0 Å². The van der Waals surface area contributed by atoms with Gasteiger partial charge in [0.25, 0.3) is 5.91 Å². The fraction of sp³-hybridized carbons (Fsp3) is 0.407. The summed E-state index contributed by atoms with van der Waals surface area (Å²) in [5.41, 5.74) is 1.99. The number of nitrogens with zero attached hydrogens (tertiary/aromatic N) is 1. The molecule has 2 atom stereocenters. The highest BCUT2D eigenvalue weighted by molar-refractivity contribution is 7.91. The maximum atomic E-state index is 13.3. The van der Waals surface area contributed by atoms with Crippen molar-refractivity contribution >= 4 is 49.8 Å². The molecule has 2 unspecified atom stereocenters. The molecule has 2 fully saturated rings. The largest absolute Gasteiger partial charge is 0.360 e. The molecule has 1 saturated heterocycles. The number of H-pyrrole nitrogens is 1. The third kappa shape index (κ3) is 5.15. The van der Waals surface area contributed by atoms with E-state index < -0.39 is 9.84 Å². The molecule has 190 valence electrons. The lowest BCUT2D eigenvalue weighted by Crippen LogP contribution is -2.44. The van der Waals surface area contributed by atoms with Gasteiger partial charge in [-0.05, 0) is 68.0 Å². The molecular formula is C27H30ClN3O4S. The molecule has 0 bridgehead atoms. The van der Waals surface area contributed by atoms with E-state index in [4.69, 9.17) is 11.6 Å². The zero-order valence-corrected chi connectivity index (χ0v) is 21.6. The van der Waals surface area contributed by atoms with E-state index >= 15 is 0 Å².